The molecule has 1 heterocycles. The molecular weight excluding hydrogens is 150 g/mol. The fourth-order valence-corrected chi connectivity index (χ4v) is 1.37. The van der Waals surface area contributed by atoms with Gasteiger partial charge in [-0.05, 0) is 24.6 Å². The van der Waals surface area contributed by atoms with Crippen molar-refractivity contribution in [3.8, 4) is 0 Å². The van der Waals surface area contributed by atoms with E-state index in [4.69, 9.17) is 0 Å². The summed E-state index contributed by atoms with van der Waals surface area (Å²) in [6.45, 7) is 2.02. The third-order valence-electron chi connectivity index (χ3n) is 2.00. The van der Waals surface area contributed by atoms with Crippen LogP contribution in [0.4, 0.5) is 0 Å². The summed E-state index contributed by atoms with van der Waals surface area (Å²) in [5.74, 6) is 0.104. The van der Waals surface area contributed by atoms with Crippen LogP contribution >= 0.6 is 0 Å². The van der Waals surface area contributed by atoms with Gasteiger partial charge in [0.2, 0.25) is 0 Å². The molecule has 12 heavy (non-hydrogen) atoms. The van der Waals surface area contributed by atoms with Crippen LogP contribution in [0.15, 0.2) is 24.4 Å². The SMILES string of the molecule is Cc1ccc2c(c1)C=C[NH2+]C2=O. The van der Waals surface area contributed by atoms with E-state index in [2.05, 4.69) is 0 Å². The van der Waals surface area contributed by atoms with Crippen LogP contribution in [0, 0.1) is 6.92 Å². The van der Waals surface area contributed by atoms with Gasteiger partial charge in [-0.15, -0.1) is 0 Å². The Morgan fingerprint density at radius 3 is 3.00 bits per heavy atom. The molecule has 60 valence electrons. The smallest absolute Gasteiger partial charge is 0.253 e. The topological polar surface area (TPSA) is 33.7 Å². The van der Waals surface area contributed by atoms with Crippen LogP contribution in [0.3, 0.4) is 0 Å². The highest BCUT2D eigenvalue weighted by molar-refractivity contribution is 5.93. The number of primary amides is 1. The molecule has 2 nitrogen and oxygen atoms in total. The third-order valence-corrected chi connectivity index (χ3v) is 2.00. The van der Waals surface area contributed by atoms with Gasteiger partial charge in [0.25, 0.3) is 0 Å². The number of carbonyl (C=O) groups excluding carboxylic acids is 1. The molecule has 0 radical (unpaired) electrons. The maximum Gasteiger partial charge on any atom is 0.347 e. The highest BCUT2D eigenvalue weighted by Crippen LogP contribution is 2.13. The first kappa shape index (κ1) is 7.25. The van der Waals surface area contributed by atoms with Gasteiger partial charge in [-0.1, -0.05) is 17.7 Å². The molecule has 1 aliphatic rings. The second-order valence-corrected chi connectivity index (χ2v) is 2.98. The number of aryl methyl sites for hydroxylation is 1. The number of hydrogen-bond donors (Lipinski definition) is 1. The van der Waals surface area contributed by atoms with Crippen LogP contribution in [0.5, 0.6) is 0 Å². The van der Waals surface area contributed by atoms with Gasteiger partial charge in [-0.3, -0.25) is 5.32 Å². The molecule has 1 amide bonds. The Labute approximate surface area is 70.9 Å². The van der Waals surface area contributed by atoms with Gasteiger partial charge in [0.05, 0.1) is 5.56 Å². The van der Waals surface area contributed by atoms with Crippen molar-refractivity contribution in [1.29, 1.82) is 0 Å². The zero-order chi connectivity index (χ0) is 8.55. The Balaban J connectivity index is 2.62. The van der Waals surface area contributed by atoms with E-state index >= 15 is 0 Å². The zero-order valence-corrected chi connectivity index (χ0v) is 6.87. The molecule has 0 saturated heterocycles. The van der Waals surface area contributed by atoms with Gasteiger partial charge in [-0.25, -0.2) is 4.79 Å². The van der Waals surface area contributed by atoms with Crippen molar-refractivity contribution in [3.63, 3.8) is 0 Å². The molecule has 0 fully saturated rings. The normalized spacial score (nSPS) is 14.6. The Bertz CT molecular complexity index is 366. The lowest BCUT2D eigenvalue weighted by atomic mass is 10.0. The van der Waals surface area contributed by atoms with E-state index < -0.39 is 0 Å². The number of benzene rings is 1. The summed E-state index contributed by atoms with van der Waals surface area (Å²) in [6.07, 6.45) is 3.76. The molecule has 1 aliphatic heterocycles. The molecule has 1 aromatic rings. The Morgan fingerprint density at radius 2 is 2.17 bits per heavy atom. The maximum atomic E-state index is 11.3. The molecule has 0 bridgehead atoms. The summed E-state index contributed by atoms with van der Waals surface area (Å²) in [5.41, 5.74) is 3.03. The van der Waals surface area contributed by atoms with Gasteiger partial charge in [0.1, 0.15) is 6.20 Å². The molecule has 1 aromatic carbocycles. The Hall–Kier alpha value is -1.41. The fourth-order valence-electron chi connectivity index (χ4n) is 1.37. The van der Waals surface area contributed by atoms with Crippen molar-refractivity contribution in [3.05, 3.63) is 41.1 Å². The molecule has 0 aliphatic carbocycles. The number of carbonyl (C=O) groups is 1. The fraction of sp³-hybridized carbons (Fsp3) is 0.100. The monoisotopic (exact) mass is 160 g/mol. The van der Waals surface area contributed by atoms with Crippen LogP contribution < -0.4 is 5.32 Å². The standard InChI is InChI=1S/C10H9NO/c1-7-2-3-9-8(6-7)4-5-11-10(9)12/h2-6H,1H3,(H,11,12)/p+1. The van der Waals surface area contributed by atoms with Crippen LogP contribution in [-0.4, -0.2) is 5.91 Å². The predicted octanol–water partition coefficient (Wildman–Crippen LogP) is 0.683. The van der Waals surface area contributed by atoms with E-state index in [9.17, 15) is 4.79 Å². The first-order valence-corrected chi connectivity index (χ1v) is 3.94. The van der Waals surface area contributed by atoms with Crippen molar-refractivity contribution in [1.82, 2.24) is 0 Å². The van der Waals surface area contributed by atoms with E-state index in [0.29, 0.717) is 0 Å². The number of amides is 1. The maximum absolute atomic E-state index is 11.3. The second-order valence-electron chi connectivity index (χ2n) is 2.98. The summed E-state index contributed by atoms with van der Waals surface area (Å²) in [7, 11) is 0. The van der Waals surface area contributed by atoms with E-state index in [1.165, 1.54) is 5.56 Å². The molecule has 2 N–H and O–H groups in total. The summed E-state index contributed by atoms with van der Waals surface area (Å²) in [6, 6.07) is 5.87. The van der Waals surface area contributed by atoms with E-state index in [0.717, 1.165) is 11.1 Å². The van der Waals surface area contributed by atoms with Crippen molar-refractivity contribution < 1.29 is 10.1 Å². The van der Waals surface area contributed by atoms with E-state index in [-0.39, 0.29) is 5.91 Å². The number of rotatable bonds is 0. The first-order valence-electron chi connectivity index (χ1n) is 3.94. The number of hydrogen-bond acceptors (Lipinski definition) is 1. The molecule has 0 unspecified atom stereocenters. The number of nitrogens with two attached hydrogens (primary N) is 1. The summed E-state index contributed by atoms with van der Waals surface area (Å²) in [5, 5.41) is 1.59. The summed E-state index contributed by atoms with van der Waals surface area (Å²) in [4.78, 5) is 11.3. The number of quaternary nitrogens is 1. The Morgan fingerprint density at radius 1 is 1.33 bits per heavy atom. The number of fused-ring (bicyclic) bond motifs is 1. The largest absolute Gasteiger partial charge is 0.347 e. The van der Waals surface area contributed by atoms with E-state index in [1.807, 2.05) is 31.2 Å². The van der Waals surface area contributed by atoms with Crippen molar-refractivity contribution in [2.75, 3.05) is 0 Å². The lowest BCUT2D eigenvalue weighted by Crippen LogP contribution is -2.83. The van der Waals surface area contributed by atoms with Gasteiger partial charge >= 0.3 is 5.91 Å². The molecule has 2 heteroatoms. The van der Waals surface area contributed by atoms with Gasteiger partial charge in [0, 0.05) is 0 Å². The van der Waals surface area contributed by atoms with Crippen LogP contribution in [0.25, 0.3) is 6.08 Å². The minimum atomic E-state index is 0.104. The highest BCUT2D eigenvalue weighted by Gasteiger charge is 2.15. The molecular formula is C10H10NO+. The highest BCUT2D eigenvalue weighted by atomic mass is 16.1. The first-order chi connectivity index (χ1) is 5.77. The van der Waals surface area contributed by atoms with E-state index in [1.54, 1.807) is 11.5 Å². The van der Waals surface area contributed by atoms with Crippen molar-refractivity contribution >= 4 is 12.0 Å². The molecule has 0 atom stereocenters. The van der Waals surface area contributed by atoms with Crippen molar-refractivity contribution in [2.24, 2.45) is 0 Å². The Kier molecular flexibility index (Phi) is 1.55. The van der Waals surface area contributed by atoms with Gasteiger partial charge < -0.3 is 0 Å². The molecule has 0 spiro atoms. The minimum absolute atomic E-state index is 0.104. The van der Waals surface area contributed by atoms with Gasteiger partial charge in [0.15, 0.2) is 0 Å². The molecule has 2 rings (SSSR count). The quantitative estimate of drug-likeness (QED) is 0.595. The van der Waals surface area contributed by atoms with Crippen LogP contribution in [-0.2, 0) is 0 Å². The van der Waals surface area contributed by atoms with Crippen LogP contribution in [0.1, 0.15) is 21.5 Å². The third kappa shape index (κ3) is 1.06. The average Bonchev–Trinajstić information content (AvgIpc) is 2.04. The summed E-state index contributed by atoms with van der Waals surface area (Å²) < 4.78 is 0. The van der Waals surface area contributed by atoms with Crippen LogP contribution in [0.2, 0.25) is 0 Å². The minimum Gasteiger partial charge on any atom is -0.253 e. The molecule has 0 saturated carbocycles. The summed E-state index contributed by atoms with van der Waals surface area (Å²) >= 11 is 0. The lowest BCUT2D eigenvalue weighted by Gasteiger charge is -2.06. The average molecular weight is 160 g/mol. The van der Waals surface area contributed by atoms with Crippen molar-refractivity contribution in [2.45, 2.75) is 6.92 Å². The van der Waals surface area contributed by atoms with Gasteiger partial charge in [-0.2, -0.15) is 0 Å². The molecule has 0 aromatic heterocycles. The lowest BCUT2D eigenvalue weighted by molar-refractivity contribution is -0.480. The predicted molar refractivity (Wildman–Crippen MR) is 46.5 cm³/mol. The second kappa shape index (κ2) is 2.57. The zero-order valence-electron chi connectivity index (χ0n) is 6.87.